The Bertz CT molecular complexity index is 665. The number of carboxylic acid groups (broad SMARTS) is 1. The minimum absolute atomic E-state index is 0.175. The first-order valence-electron chi connectivity index (χ1n) is 6.08. The first kappa shape index (κ1) is 14.8. The van der Waals surface area contributed by atoms with E-state index in [1.807, 2.05) is 0 Å². The number of ether oxygens (including phenoxy) is 2. The van der Waals surface area contributed by atoms with Crippen LogP contribution in [0.1, 0.15) is 29.1 Å². The number of carboxylic acids is 1. The van der Waals surface area contributed by atoms with E-state index in [1.165, 1.54) is 39.3 Å². The Balaban J connectivity index is 2.60. The van der Waals surface area contributed by atoms with Gasteiger partial charge in [-0.15, -0.1) is 0 Å². The summed E-state index contributed by atoms with van der Waals surface area (Å²) >= 11 is 0. The number of aromatic nitrogens is 1. The third-order valence-electron chi connectivity index (χ3n) is 2.98. The van der Waals surface area contributed by atoms with Crippen molar-refractivity contribution in [2.45, 2.75) is 13.1 Å². The van der Waals surface area contributed by atoms with Crippen LogP contribution in [0.15, 0.2) is 22.7 Å². The molecule has 1 heterocycles. The molecule has 1 aromatic heterocycles. The molecule has 0 saturated heterocycles. The number of halogens is 1. The maximum absolute atomic E-state index is 13.7. The molecule has 0 spiro atoms. The number of carbonyl (C=O) groups is 1. The van der Waals surface area contributed by atoms with Crippen LogP contribution in [0, 0.1) is 0 Å². The third-order valence-corrected chi connectivity index (χ3v) is 2.98. The fourth-order valence-electron chi connectivity index (χ4n) is 1.93. The predicted molar refractivity (Wildman–Crippen MR) is 71.5 cm³/mol. The highest BCUT2D eigenvalue weighted by atomic mass is 19.1. The molecule has 1 aromatic carbocycles. The number of methoxy groups -OCH3 is 2. The molecular formula is C14H14FNO5. The van der Waals surface area contributed by atoms with Crippen molar-refractivity contribution in [2.24, 2.45) is 0 Å². The number of alkyl halides is 1. The number of hydrogen-bond acceptors (Lipinski definition) is 5. The first-order chi connectivity index (χ1) is 9.97. The fraction of sp³-hybridized carbons (Fsp3) is 0.286. The van der Waals surface area contributed by atoms with Gasteiger partial charge < -0.3 is 19.1 Å². The van der Waals surface area contributed by atoms with E-state index < -0.39 is 12.1 Å². The molecular weight excluding hydrogens is 281 g/mol. The number of aromatic carboxylic acids is 1. The molecule has 1 atom stereocenters. The summed E-state index contributed by atoms with van der Waals surface area (Å²) in [7, 11) is 2.86. The summed E-state index contributed by atoms with van der Waals surface area (Å²) < 4.78 is 29.0. The van der Waals surface area contributed by atoms with Gasteiger partial charge in [-0.05, 0) is 13.0 Å². The van der Waals surface area contributed by atoms with Gasteiger partial charge in [0, 0.05) is 17.7 Å². The Morgan fingerprint density at radius 2 is 1.95 bits per heavy atom. The van der Waals surface area contributed by atoms with E-state index in [4.69, 9.17) is 19.1 Å². The average Bonchev–Trinajstić information content (AvgIpc) is 2.95. The Morgan fingerprint density at radius 1 is 1.29 bits per heavy atom. The van der Waals surface area contributed by atoms with Crippen LogP contribution < -0.4 is 9.47 Å². The van der Waals surface area contributed by atoms with Crippen molar-refractivity contribution in [2.75, 3.05) is 14.2 Å². The second kappa shape index (κ2) is 5.82. The van der Waals surface area contributed by atoms with E-state index in [0.29, 0.717) is 22.6 Å². The summed E-state index contributed by atoms with van der Waals surface area (Å²) in [4.78, 5) is 10.8. The summed E-state index contributed by atoms with van der Waals surface area (Å²) in [6.07, 6.45) is -1.27. The minimum atomic E-state index is -1.27. The van der Waals surface area contributed by atoms with Crippen LogP contribution in [-0.2, 0) is 0 Å². The zero-order valence-corrected chi connectivity index (χ0v) is 11.7. The number of benzene rings is 1. The van der Waals surface area contributed by atoms with Crippen molar-refractivity contribution < 1.29 is 28.3 Å². The molecule has 2 aromatic rings. The monoisotopic (exact) mass is 295 g/mol. The van der Waals surface area contributed by atoms with Gasteiger partial charge in [-0.25, -0.2) is 9.18 Å². The highest BCUT2D eigenvalue weighted by Gasteiger charge is 2.20. The van der Waals surface area contributed by atoms with Crippen molar-refractivity contribution in [1.29, 1.82) is 0 Å². The van der Waals surface area contributed by atoms with Gasteiger partial charge in [0.2, 0.25) is 0 Å². The number of hydrogen-bond donors (Lipinski definition) is 1. The largest absolute Gasteiger partial charge is 0.496 e. The molecule has 0 fully saturated rings. The quantitative estimate of drug-likeness (QED) is 0.912. The second-order valence-corrected chi connectivity index (χ2v) is 4.29. The molecule has 0 saturated carbocycles. The van der Waals surface area contributed by atoms with Crippen molar-refractivity contribution in [1.82, 2.24) is 5.16 Å². The highest BCUT2D eigenvalue weighted by molar-refractivity contribution is 5.87. The van der Waals surface area contributed by atoms with Crippen LogP contribution in [-0.4, -0.2) is 30.5 Å². The molecule has 0 aliphatic heterocycles. The van der Waals surface area contributed by atoms with Crippen LogP contribution in [0.5, 0.6) is 11.5 Å². The van der Waals surface area contributed by atoms with E-state index in [0.717, 1.165) is 0 Å². The third kappa shape index (κ3) is 2.81. The molecule has 1 unspecified atom stereocenters. The number of rotatable bonds is 5. The number of nitrogens with zero attached hydrogens (tertiary/aromatic N) is 1. The first-order valence-corrected chi connectivity index (χ1v) is 6.08. The normalized spacial score (nSPS) is 12.0. The molecule has 0 radical (unpaired) electrons. The van der Waals surface area contributed by atoms with Crippen LogP contribution >= 0.6 is 0 Å². The Morgan fingerprint density at radius 3 is 2.43 bits per heavy atom. The van der Waals surface area contributed by atoms with E-state index >= 15 is 0 Å². The lowest BCUT2D eigenvalue weighted by Crippen LogP contribution is -1.97. The summed E-state index contributed by atoms with van der Waals surface area (Å²) in [5, 5.41) is 12.3. The minimum Gasteiger partial charge on any atom is -0.496 e. The van der Waals surface area contributed by atoms with Crippen molar-refractivity contribution >= 4 is 5.97 Å². The predicted octanol–water partition coefficient (Wildman–Crippen LogP) is 3.09. The lowest BCUT2D eigenvalue weighted by atomic mass is 10.0. The van der Waals surface area contributed by atoms with Crippen molar-refractivity contribution in [3.63, 3.8) is 0 Å². The summed E-state index contributed by atoms with van der Waals surface area (Å²) in [6, 6.07) is 4.26. The molecule has 0 amide bonds. The van der Waals surface area contributed by atoms with Crippen LogP contribution in [0.25, 0.3) is 11.3 Å². The fourth-order valence-corrected chi connectivity index (χ4v) is 1.93. The van der Waals surface area contributed by atoms with E-state index in [9.17, 15) is 9.18 Å². The zero-order chi connectivity index (χ0) is 15.6. The molecule has 0 aliphatic carbocycles. The van der Waals surface area contributed by atoms with Crippen LogP contribution in [0.4, 0.5) is 4.39 Å². The van der Waals surface area contributed by atoms with Crippen LogP contribution in [0.3, 0.4) is 0 Å². The van der Waals surface area contributed by atoms with E-state index in [2.05, 4.69) is 5.16 Å². The van der Waals surface area contributed by atoms with Crippen molar-refractivity contribution in [3.05, 3.63) is 29.5 Å². The van der Waals surface area contributed by atoms with Gasteiger partial charge in [0.15, 0.2) is 11.5 Å². The lowest BCUT2D eigenvalue weighted by molar-refractivity contribution is 0.0686. The van der Waals surface area contributed by atoms with Crippen LogP contribution in [0.2, 0.25) is 0 Å². The molecule has 112 valence electrons. The topological polar surface area (TPSA) is 81.8 Å². The second-order valence-electron chi connectivity index (χ2n) is 4.29. The molecule has 7 heteroatoms. The van der Waals surface area contributed by atoms with Gasteiger partial charge in [-0.3, -0.25) is 0 Å². The molecule has 2 rings (SSSR count). The summed E-state index contributed by atoms with van der Waals surface area (Å²) in [5.74, 6) is -0.335. The molecule has 6 nitrogen and oxygen atoms in total. The maximum atomic E-state index is 13.7. The summed E-state index contributed by atoms with van der Waals surface area (Å²) in [6.45, 7) is 1.37. The summed E-state index contributed by atoms with van der Waals surface area (Å²) in [5.41, 5.74) is 0.470. The van der Waals surface area contributed by atoms with Crippen molar-refractivity contribution in [3.8, 4) is 22.8 Å². The molecule has 0 aliphatic rings. The van der Waals surface area contributed by atoms with E-state index in [-0.39, 0.29) is 11.5 Å². The maximum Gasteiger partial charge on any atom is 0.358 e. The van der Waals surface area contributed by atoms with Gasteiger partial charge >= 0.3 is 5.97 Å². The van der Waals surface area contributed by atoms with Gasteiger partial charge in [0.25, 0.3) is 0 Å². The smallest absolute Gasteiger partial charge is 0.358 e. The van der Waals surface area contributed by atoms with Gasteiger partial charge in [0.05, 0.1) is 19.8 Å². The van der Waals surface area contributed by atoms with Gasteiger partial charge in [0.1, 0.15) is 17.7 Å². The standard InChI is InChI=1S/C14H14FNO5/c1-7(15)8-4-9(12(20-3)6-11(8)19-2)13-5-10(14(17)18)16-21-13/h4-7H,1-3H3,(H,17,18). The molecule has 21 heavy (non-hydrogen) atoms. The SMILES string of the molecule is COc1cc(OC)c(C(C)F)cc1-c1cc(C(=O)O)no1. The molecule has 1 N–H and O–H groups in total. The Labute approximate surface area is 120 Å². The van der Waals surface area contributed by atoms with E-state index in [1.54, 1.807) is 0 Å². The highest BCUT2D eigenvalue weighted by Crippen LogP contribution is 2.39. The van der Waals surface area contributed by atoms with Gasteiger partial charge in [-0.2, -0.15) is 0 Å². The Hall–Kier alpha value is -2.57. The molecule has 0 bridgehead atoms. The zero-order valence-electron chi connectivity index (χ0n) is 11.7. The average molecular weight is 295 g/mol. The lowest BCUT2D eigenvalue weighted by Gasteiger charge is -2.14. The van der Waals surface area contributed by atoms with Gasteiger partial charge in [-0.1, -0.05) is 5.16 Å². The Kier molecular flexibility index (Phi) is 4.11.